The fourth-order valence-corrected chi connectivity index (χ4v) is 4.83. The van der Waals surface area contributed by atoms with Gasteiger partial charge in [0.25, 0.3) is 0 Å². The predicted octanol–water partition coefficient (Wildman–Crippen LogP) is -9.27. The van der Waals surface area contributed by atoms with E-state index in [0.717, 1.165) is 0 Å². The van der Waals surface area contributed by atoms with Crippen LogP contribution in [0.15, 0.2) is 0 Å². The maximum Gasteiger partial charge on any atom is 1.00 e. The predicted molar refractivity (Wildman–Crippen MR) is 114 cm³/mol. The Labute approximate surface area is 244 Å². The standard InChI is InChI=1S/C19H33NO17S.Na/c1-5-9(23)10(24)12(26)18(33-5)34-14-7(20-6(2)22)4-32-8(3-21)15(14)35-19-13(27)11(25)16(17(28)36-19)37-38(29,30)31;/h5,7-19,21,23-28H,3-4H2,1-2H3,(H,20,22)(H,29,30,31);/q;+1/p-1/t5-,7-,8+,9+,10+,11+,12-,13+,14+,15+,16+,17-,18-,19+;/m0./s1. The molecule has 3 fully saturated rings. The Morgan fingerprint density at radius 2 is 1.49 bits per heavy atom. The van der Waals surface area contributed by atoms with Crippen molar-refractivity contribution in [2.75, 3.05) is 13.2 Å². The molecule has 18 nitrogen and oxygen atoms in total. The van der Waals surface area contributed by atoms with E-state index in [2.05, 4.69) is 9.50 Å². The first-order valence-corrected chi connectivity index (χ1v) is 12.8. The van der Waals surface area contributed by atoms with E-state index in [1.165, 1.54) is 13.8 Å². The number of nitrogens with one attached hydrogen (secondary N) is 1. The van der Waals surface area contributed by atoms with E-state index in [1.807, 2.05) is 0 Å². The molecule has 0 aromatic heterocycles. The van der Waals surface area contributed by atoms with Crippen molar-refractivity contribution in [2.24, 2.45) is 0 Å². The second-order valence-electron chi connectivity index (χ2n) is 9.09. The summed E-state index contributed by atoms with van der Waals surface area (Å²) in [4.78, 5) is 11.8. The van der Waals surface area contributed by atoms with Gasteiger partial charge in [0.1, 0.15) is 48.8 Å². The summed E-state index contributed by atoms with van der Waals surface area (Å²) in [6.07, 6.45) is -22.4. The molecule has 0 spiro atoms. The minimum Gasteiger partial charge on any atom is -0.726 e. The van der Waals surface area contributed by atoms with Crippen molar-refractivity contribution in [3.8, 4) is 0 Å². The molecular formula is C19H32NNaO17S. The molecule has 14 atom stereocenters. The maximum absolute atomic E-state index is 11.8. The first-order chi connectivity index (χ1) is 17.6. The molecule has 3 aliphatic heterocycles. The maximum atomic E-state index is 11.8. The molecule has 20 heteroatoms. The van der Waals surface area contributed by atoms with Crippen molar-refractivity contribution in [2.45, 2.75) is 99.8 Å². The summed E-state index contributed by atoms with van der Waals surface area (Å²) in [7, 11) is -5.42. The summed E-state index contributed by atoms with van der Waals surface area (Å²) in [5.41, 5.74) is 0. The number of amides is 1. The van der Waals surface area contributed by atoms with E-state index >= 15 is 0 Å². The van der Waals surface area contributed by atoms with Crippen LogP contribution < -0.4 is 34.9 Å². The van der Waals surface area contributed by atoms with Crippen LogP contribution in [0.1, 0.15) is 13.8 Å². The molecule has 39 heavy (non-hydrogen) atoms. The molecule has 0 aromatic carbocycles. The van der Waals surface area contributed by atoms with E-state index in [4.69, 9.17) is 23.7 Å². The van der Waals surface area contributed by atoms with Crippen LogP contribution in [0.4, 0.5) is 0 Å². The average molecular weight is 602 g/mol. The first kappa shape index (κ1) is 35.1. The zero-order chi connectivity index (χ0) is 28.5. The smallest absolute Gasteiger partial charge is 0.726 e. The van der Waals surface area contributed by atoms with Crippen LogP contribution in [0, 0.1) is 0 Å². The van der Waals surface area contributed by atoms with Crippen LogP contribution in [-0.2, 0) is 43.1 Å². The third-order valence-corrected chi connectivity index (χ3v) is 6.74. The monoisotopic (exact) mass is 601 g/mol. The minimum absolute atomic E-state index is 0. The van der Waals surface area contributed by atoms with Crippen molar-refractivity contribution < 1.29 is 111 Å². The van der Waals surface area contributed by atoms with Gasteiger partial charge in [0.05, 0.1) is 25.4 Å². The van der Waals surface area contributed by atoms with Crippen molar-refractivity contribution in [3.63, 3.8) is 0 Å². The summed E-state index contributed by atoms with van der Waals surface area (Å²) in [5.74, 6) is -0.555. The Morgan fingerprint density at radius 1 is 0.923 bits per heavy atom. The van der Waals surface area contributed by atoms with E-state index in [9.17, 15) is 53.5 Å². The number of carbonyl (C=O) groups is 1. The van der Waals surface area contributed by atoms with Gasteiger partial charge in [-0.05, 0) is 6.92 Å². The Hall–Kier alpha value is -0.140. The van der Waals surface area contributed by atoms with Gasteiger partial charge in [0, 0.05) is 6.92 Å². The Kier molecular flexibility index (Phi) is 12.9. The summed E-state index contributed by atoms with van der Waals surface area (Å²) in [6.45, 7) is 1.59. The third kappa shape index (κ3) is 8.46. The number of aliphatic hydroxyl groups is 7. The fraction of sp³-hybridized carbons (Fsp3) is 0.947. The summed E-state index contributed by atoms with van der Waals surface area (Å²) < 4.78 is 64.2. The SMILES string of the molecule is CC(=O)N[C@H]1CO[C@H](CO)[C@@H](O[C@@H]2O[C@H](O)[C@H](OS(=O)(=O)[O-])[C@H](O)[C@H]2O)[C@@H]1O[C@@H]1O[C@@H](C)[C@@H](O)[C@@H](O)[C@@H]1O.[Na+]. The number of ether oxygens (including phenoxy) is 5. The van der Waals surface area contributed by atoms with E-state index < -0.39 is 109 Å². The molecular weight excluding hydrogens is 569 g/mol. The number of carbonyl (C=O) groups excluding carboxylic acids is 1. The quantitative estimate of drug-likeness (QED) is 0.0728. The number of rotatable bonds is 8. The third-order valence-electron chi connectivity index (χ3n) is 6.29. The van der Waals surface area contributed by atoms with Crippen LogP contribution in [0.5, 0.6) is 0 Å². The molecule has 3 aliphatic rings. The fourth-order valence-electron chi connectivity index (χ4n) is 4.34. The number of hydrogen-bond donors (Lipinski definition) is 8. The van der Waals surface area contributed by atoms with Gasteiger partial charge < -0.3 is 69.3 Å². The molecule has 222 valence electrons. The van der Waals surface area contributed by atoms with Gasteiger partial charge in [0.15, 0.2) is 25.0 Å². The molecule has 0 aromatic rings. The van der Waals surface area contributed by atoms with Crippen molar-refractivity contribution in [1.29, 1.82) is 0 Å². The topological polar surface area (TPSA) is 283 Å². The van der Waals surface area contributed by atoms with Crippen LogP contribution in [0.25, 0.3) is 0 Å². The van der Waals surface area contributed by atoms with Crippen molar-refractivity contribution in [1.82, 2.24) is 5.32 Å². The van der Waals surface area contributed by atoms with Gasteiger partial charge in [-0.1, -0.05) is 0 Å². The van der Waals surface area contributed by atoms with Crippen molar-refractivity contribution >= 4 is 16.3 Å². The molecule has 3 saturated heterocycles. The Morgan fingerprint density at radius 3 is 2.05 bits per heavy atom. The largest absolute Gasteiger partial charge is 1.00 e. The van der Waals surface area contributed by atoms with Gasteiger partial charge >= 0.3 is 29.6 Å². The van der Waals surface area contributed by atoms with E-state index in [0.29, 0.717) is 0 Å². The van der Waals surface area contributed by atoms with Crippen LogP contribution in [0.2, 0.25) is 0 Å². The molecule has 0 radical (unpaired) electrons. The number of aliphatic hydroxyl groups excluding tert-OH is 7. The van der Waals surface area contributed by atoms with E-state index in [-0.39, 0.29) is 36.2 Å². The van der Waals surface area contributed by atoms with Gasteiger partial charge in [-0.15, -0.1) is 0 Å². The van der Waals surface area contributed by atoms with Gasteiger partial charge in [-0.2, -0.15) is 0 Å². The van der Waals surface area contributed by atoms with Crippen LogP contribution >= 0.6 is 0 Å². The molecule has 3 heterocycles. The molecule has 1 amide bonds. The van der Waals surface area contributed by atoms with Gasteiger partial charge in [0.2, 0.25) is 16.3 Å². The van der Waals surface area contributed by atoms with Crippen LogP contribution in [0.3, 0.4) is 0 Å². The summed E-state index contributed by atoms with van der Waals surface area (Å²) in [6, 6.07) is -1.05. The Bertz CT molecular complexity index is 914. The molecule has 0 bridgehead atoms. The summed E-state index contributed by atoms with van der Waals surface area (Å²) in [5, 5.41) is 73.6. The van der Waals surface area contributed by atoms with Crippen LogP contribution in [-0.4, -0.2) is 154 Å². The molecule has 0 saturated carbocycles. The number of hydrogen-bond acceptors (Lipinski definition) is 17. The zero-order valence-corrected chi connectivity index (χ0v) is 23.9. The van der Waals surface area contributed by atoms with E-state index in [1.54, 1.807) is 0 Å². The second-order valence-corrected chi connectivity index (χ2v) is 10.1. The first-order valence-electron chi connectivity index (χ1n) is 11.5. The summed E-state index contributed by atoms with van der Waals surface area (Å²) >= 11 is 0. The second kappa shape index (κ2) is 14.4. The minimum atomic E-state index is -5.42. The molecule has 0 unspecified atom stereocenters. The van der Waals surface area contributed by atoms with Gasteiger partial charge in [-0.3, -0.25) is 8.98 Å². The molecule has 3 rings (SSSR count). The molecule has 8 N–H and O–H groups in total. The van der Waals surface area contributed by atoms with Gasteiger partial charge in [-0.25, -0.2) is 8.42 Å². The normalized spacial score (nSPS) is 45.3. The average Bonchev–Trinajstić information content (AvgIpc) is 2.83. The zero-order valence-electron chi connectivity index (χ0n) is 21.1. The molecule has 0 aliphatic carbocycles. The van der Waals surface area contributed by atoms with Crippen molar-refractivity contribution in [3.05, 3.63) is 0 Å². The Balaban J connectivity index is 0.00000533.